The Hall–Kier alpha value is -1.23. The first-order valence-electron chi connectivity index (χ1n) is 6.34. The summed E-state index contributed by atoms with van der Waals surface area (Å²) in [5, 5.41) is 8.06. The second-order valence-corrected chi connectivity index (χ2v) is 5.22. The summed E-state index contributed by atoms with van der Waals surface area (Å²) in [4.78, 5) is 14.1. The van der Waals surface area contributed by atoms with E-state index in [4.69, 9.17) is 0 Å². The third kappa shape index (κ3) is 1.99. The first-order valence-corrected chi connectivity index (χ1v) is 6.34. The zero-order valence-electron chi connectivity index (χ0n) is 10.2. The molecule has 2 saturated heterocycles. The fraction of sp³-hybridized carbons (Fsp3) is 0.750. The van der Waals surface area contributed by atoms with Crippen LogP contribution in [0.2, 0.25) is 0 Å². The highest BCUT2D eigenvalue weighted by atomic mass is 16.1. The van der Waals surface area contributed by atoms with Gasteiger partial charge in [-0.25, -0.2) is 0 Å². The maximum Gasteiger partial charge on any atom is 0.146 e. The Bertz CT molecular complexity index is 412. The van der Waals surface area contributed by atoms with Gasteiger partial charge >= 0.3 is 0 Å². The molecule has 2 fully saturated rings. The van der Waals surface area contributed by atoms with Gasteiger partial charge in [0.05, 0.1) is 6.54 Å². The van der Waals surface area contributed by atoms with Crippen LogP contribution in [0.1, 0.15) is 37.9 Å². The lowest BCUT2D eigenvalue weighted by molar-refractivity contribution is -0.127. The van der Waals surface area contributed by atoms with E-state index in [9.17, 15) is 4.79 Å². The van der Waals surface area contributed by atoms with E-state index >= 15 is 0 Å². The average molecular weight is 234 g/mol. The summed E-state index contributed by atoms with van der Waals surface area (Å²) >= 11 is 0. The monoisotopic (exact) mass is 234 g/mol. The van der Waals surface area contributed by atoms with E-state index in [1.807, 2.05) is 11.6 Å². The predicted octanol–water partition coefficient (Wildman–Crippen LogP) is 0.901. The number of carbonyl (C=O) groups excluding carboxylic acids is 1. The molecule has 0 N–H and O–H groups in total. The zero-order valence-corrected chi connectivity index (χ0v) is 10.2. The summed E-state index contributed by atoms with van der Waals surface area (Å²) in [6.07, 6.45) is 6.76. The van der Waals surface area contributed by atoms with Gasteiger partial charge < -0.3 is 4.57 Å². The number of nitrogens with zero attached hydrogens (tertiary/aromatic N) is 4. The van der Waals surface area contributed by atoms with Gasteiger partial charge in [-0.05, 0) is 12.8 Å². The first kappa shape index (κ1) is 10.9. The van der Waals surface area contributed by atoms with E-state index in [1.165, 1.54) is 6.42 Å². The van der Waals surface area contributed by atoms with Crippen LogP contribution in [0, 0.1) is 0 Å². The number of aryl methyl sites for hydroxylation is 1. The minimum atomic E-state index is 0.437. The second kappa shape index (κ2) is 4.22. The highest BCUT2D eigenvalue weighted by molar-refractivity contribution is 5.80. The molecule has 0 spiro atoms. The molecular weight excluding hydrogens is 216 g/mol. The van der Waals surface area contributed by atoms with Gasteiger partial charge in [0.15, 0.2) is 0 Å². The molecule has 2 aliphatic heterocycles. The molecule has 5 heteroatoms. The molecule has 2 bridgehead atoms. The molecule has 1 aromatic rings. The van der Waals surface area contributed by atoms with Crippen molar-refractivity contribution in [1.29, 1.82) is 0 Å². The molecule has 0 aliphatic carbocycles. The van der Waals surface area contributed by atoms with Gasteiger partial charge in [0, 0.05) is 32.0 Å². The van der Waals surface area contributed by atoms with Gasteiger partial charge in [0.2, 0.25) is 0 Å². The number of piperidine rings is 2. The molecule has 0 amide bonds. The Morgan fingerprint density at radius 3 is 2.65 bits per heavy atom. The summed E-state index contributed by atoms with van der Waals surface area (Å²) in [5.74, 6) is 1.44. The van der Waals surface area contributed by atoms with Crippen LogP contribution in [0.5, 0.6) is 0 Å². The number of rotatable bonds is 2. The molecule has 3 heterocycles. The Labute approximate surface area is 101 Å². The lowest BCUT2D eigenvalue weighted by atomic mass is 9.84. The Kier molecular flexibility index (Phi) is 2.70. The van der Waals surface area contributed by atoms with Crippen molar-refractivity contribution in [3.63, 3.8) is 0 Å². The lowest BCUT2D eigenvalue weighted by Gasteiger charge is -2.45. The maximum absolute atomic E-state index is 11.6. The molecule has 0 aromatic carbocycles. The van der Waals surface area contributed by atoms with Gasteiger partial charge in [-0.3, -0.25) is 9.69 Å². The van der Waals surface area contributed by atoms with Crippen molar-refractivity contribution in [3.8, 4) is 0 Å². The van der Waals surface area contributed by atoms with E-state index in [0.29, 0.717) is 17.9 Å². The summed E-state index contributed by atoms with van der Waals surface area (Å²) in [7, 11) is 1.97. The van der Waals surface area contributed by atoms with Crippen LogP contribution in [0.3, 0.4) is 0 Å². The molecule has 17 heavy (non-hydrogen) atoms. The van der Waals surface area contributed by atoms with Crippen molar-refractivity contribution in [1.82, 2.24) is 19.7 Å². The fourth-order valence-electron chi connectivity index (χ4n) is 3.14. The van der Waals surface area contributed by atoms with Crippen molar-refractivity contribution >= 4 is 5.78 Å². The highest BCUT2D eigenvalue weighted by Crippen LogP contribution is 2.33. The summed E-state index contributed by atoms with van der Waals surface area (Å²) < 4.78 is 1.96. The zero-order chi connectivity index (χ0) is 11.8. The lowest BCUT2D eigenvalue weighted by Crippen LogP contribution is -2.51. The van der Waals surface area contributed by atoms with Crippen molar-refractivity contribution in [2.75, 3.05) is 0 Å². The van der Waals surface area contributed by atoms with E-state index in [1.54, 1.807) is 6.33 Å². The third-order valence-corrected chi connectivity index (χ3v) is 4.07. The van der Waals surface area contributed by atoms with Crippen LogP contribution in [0.15, 0.2) is 6.33 Å². The molecule has 0 radical (unpaired) electrons. The molecular formula is C12H18N4O. The quantitative estimate of drug-likeness (QED) is 0.763. The number of fused-ring (bicyclic) bond motifs is 2. The molecule has 1 aromatic heterocycles. The molecule has 92 valence electrons. The van der Waals surface area contributed by atoms with Gasteiger partial charge in [0.1, 0.15) is 17.9 Å². The Morgan fingerprint density at radius 2 is 2.06 bits per heavy atom. The van der Waals surface area contributed by atoms with E-state index in [2.05, 4.69) is 15.1 Å². The number of aromatic nitrogens is 3. The van der Waals surface area contributed by atoms with Crippen LogP contribution in [-0.4, -0.2) is 37.5 Å². The SMILES string of the molecule is Cn1cnnc1CN1C2CCCC1CC(=O)C2. The van der Waals surface area contributed by atoms with Gasteiger partial charge in [-0.15, -0.1) is 10.2 Å². The van der Waals surface area contributed by atoms with Crippen molar-refractivity contribution < 1.29 is 4.79 Å². The first-order chi connectivity index (χ1) is 8.24. The largest absolute Gasteiger partial charge is 0.320 e. The average Bonchev–Trinajstić information content (AvgIpc) is 2.66. The van der Waals surface area contributed by atoms with Crippen LogP contribution < -0.4 is 0 Å². The maximum atomic E-state index is 11.6. The van der Waals surface area contributed by atoms with Crippen LogP contribution >= 0.6 is 0 Å². The van der Waals surface area contributed by atoms with E-state index in [0.717, 1.165) is 38.1 Å². The molecule has 5 nitrogen and oxygen atoms in total. The molecule has 0 saturated carbocycles. The molecule has 2 unspecified atom stereocenters. The number of Topliss-reactive ketones (excluding diaryl/α,β-unsaturated/α-hetero) is 1. The van der Waals surface area contributed by atoms with E-state index < -0.39 is 0 Å². The van der Waals surface area contributed by atoms with Crippen LogP contribution in [0.4, 0.5) is 0 Å². The molecule has 2 atom stereocenters. The predicted molar refractivity (Wildman–Crippen MR) is 62.2 cm³/mol. The smallest absolute Gasteiger partial charge is 0.146 e. The highest BCUT2D eigenvalue weighted by Gasteiger charge is 2.37. The van der Waals surface area contributed by atoms with Gasteiger partial charge in [-0.2, -0.15) is 0 Å². The van der Waals surface area contributed by atoms with Crippen LogP contribution in [0.25, 0.3) is 0 Å². The number of carbonyl (C=O) groups is 1. The van der Waals surface area contributed by atoms with Crippen molar-refractivity contribution in [2.24, 2.45) is 7.05 Å². The summed E-state index contributed by atoms with van der Waals surface area (Å²) in [6.45, 7) is 0.832. The Balaban J connectivity index is 1.78. The Morgan fingerprint density at radius 1 is 1.35 bits per heavy atom. The molecule has 3 rings (SSSR count). The minimum absolute atomic E-state index is 0.437. The summed E-state index contributed by atoms with van der Waals surface area (Å²) in [5.41, 5.74) is 0. The fourth-order valence-corrected chi connectivity index (χ4v) is 3.14. The minimum Gasteiger partial charge on any atom is -0.320 e. The van der Waals surface area contributed by atoms with E-state index in [-0.39, 0.29) is 0 Å². The van der Waals surface area contributed by atoms with Gasteiger partial charge in [-0.1, -0.05) is 6.42 Å². The van der Waals surface area contributed by atoms with Crippen LogP contribution in [-0.2, 0) is 18.4 Å². The van der Waals surface area contributed by atoms with Crippen molar-refractivity contribution in [3.05, 3.63) is 12.2 Å². The number of hydrogen-bond acceptors (Lipinski definition) is 4. The summed E-state index contributed by atoms with van der Waals surface area (Å²) in [6, 6.07) is 0.874. The normalized spacial score (nSPS) is 29.6. The second-order valence-electron chi connectivity index (χ2n) is 5.22. The number of ketones is 1. The van der Waals surface area contributed by atoms with Crippen molar-refractivity contribution in [2.45, 2.75) is 50.7 Å². The number of hydrogen-bond donors (Lipinski definition) is 0. The standard InChI is InChI=1S/C12H18N4O/c1-15-8-13-14-12(15)7-16-9-3-2-4-10(16)6-11(17)5-9/h8-10H,2-7H2,1H3. The topological polar surface area (TPSA) is 51.0 Å². The third-order valence-electron chi connectivity index (χ3n) is 4.07. The van der Waals surface area contributed by atoms with Gasteiger partial charge in [0.25, 0.3) is 0 Å². The molecule has 2 aliphatic rings.